The van der Waals surface area contributed by atoms with E-state index in [0.29, 0.717) is 24.6 Å². The van der Waals surface area contributed by atoms with Gasteiger partial charge in [-0.1, -0.05) is 13.0 Å². The van der Waals surface area contributed by atoms with Crippen LogP contribution in [0.3, 0.4) is 0 Å². The third kappa shape index (κ3) is 2.97. The summed E-state index contributed by atoms with van der Waals surface area (Å²) in [5.74, 6) is 0.857. The first-order valence-corrected chi connectivity index (χ1v) is 8.21. The molecule has 0 atom stereocenters. The monoisotopic (exact) mass is 299 g/mol. The summed E-state index contributed by atoms with van der Waals surface area (Å²) in [4.78, 5) is 0.173. The highest BCUT2D eigenvalue weighted by molar-refractivity contribution is 7.89. The maximum atomic E-state index is 12.7. The molecule has 1 aromatic carbocycles. The Morgan fingerprint density at radius 1 is 1.35 bits per heavy atom. The lowest BCUT2D eigenvalue weighted by Crippen LogP contribution is -2.38. The Morgan fingerprint density at radius 3 is 2.55 bits per heavy atom. The second-order valence-corrected chi connectivity index (χ2v) is 7.14. The predicted octanol–water partition coefficient (Wildman–Crippen LogP) is 1.61. The number of methoxy groups -OCH3 is 1. The SMILES string of the molecule is COc1cc(CO)ccc1S(=O)(=O)N1CCC(C)CC1. The lowest BCUT2D eigenvalue weighted by Gasteiger charge is -2.29. The molecule has 0 amide bonds. The van der Waals surface area contributed by atoms with Crippen molar-refractivity contribution in [2.45, 2.75) is 31.3 Å². The summed E-state index contributed by atoms with van der Waals surface area (Å²) in [7, 11) is -2.09. The van der Waals surface area contributed by atoms with Crippen molar-refractivity contribution < 1.29 is 18.3 Å². The molecule has 0 radical (unpaired) electrons. The molecule has 20 heavy (non-hydrogen) atoms. The number of aliphatic hydroxyl groups excluding tert-OH is 1. The van der Waals surface area contributed by atoms with Crippen LogP contribution in [-0.4, -0.2) is 38.0 Å². The van der Waals surface area contributed by atoms with Crippen LogP contribution in [0.5, 0.6) is 5.75 Å². The molecular weight excluding hydrogens is 278 g/mol. The molecule has 5 nitrogen and oxygen atoms in total. The average Bonchev–Trinajstić information content (AvgIpc) is 2.46. The Labute approximate surface area is 120 Å². The van der Waals surface area contributed by atoms with E-state index in [1.54, 1.807) is 12.1 Å². The zero-order chi connectivity index (χ0) is 14.8. The van der Waals surface area contributed by atoms with E-state index in [4.69, 9.17) is 9.84 Å². The van der Waals surface area contributed by atoms with Gasteiger partial charge < -0.3 is 9.84 Å². The van der Waals surface area contributed by atoms with Gasteiger partial charge in [0.05, 0.1) is 13.7 Å². The van der Waals surface area contributed by atoms with Crippen LogP contribution in [-0.2, 0) is 16.6 Å². The van der Waals surface area contributed by atoms with Crippen LogP contribution >= 0.6 is 0 Å². The Morgan fingerprint density at radius 2 is 2.00 bits per heavy atom. The molecule has 1 aromatic rings. The number of benzene rings is 1. The van der Waals surface area contributed by atoms with E-state index in [1.165, 1.54) is 17.5 Å². The van der Waals surface area contributed by atoms with Crippen molar-refractivity contribution in [1.29, 1.82) is 0 Å². The van der Waals surface area contributed by atoms with Gasteiger partial charge >= 0.3 is 0 Å². The van der Waals surface area contributed by atoms with Crippen molar-refractivity contribution in [3.63, 3.8) is 0 Å². The van der Waals surface area contributed by atoms with E-state index < -0.39 is 10.0 Å². The quantitative estimate of drug-likeness (QED) is 0.917. The van der Waals surface area contributed by atoms with Crippen molar-refractivity contribution in [1.82, 2.24) is 4.31 Å². The molecule has 1 N–H and O–H groups in total. The van der Waals surface area contributed by atoms with Crippen LogP contribution in [0.1, 0.15) is 25.3 Å². The van der Waals surface area contributed by atoms with Crippen LogP contribution in [0.25, 0.3) is 0 Å². The predicted molar refractivity (Wildman–Crippen MR) is 76.1 cm³/mol. The highest BCUT2D eigenvalue weighted by Crippen LogP contribution is 2.30. The first kappa shape index (κ1) is 15.3. The Hall–Kier alpha value is -1.11. The van der Waals surface area contributed by atoms with Crippen LogP contribution in [0.4, 0.5) is 0 Å². The fraction of sp³-hybridized carbons (Fsp3) is 0.571. The largest absolute Gasteiger partial charge is 0.495 e. The average molecular weight is 299 g/mol. The molecule has 2 rings (SSSR count). The number of hydrogen-bond donors (Lipinski definition) is 1. The second kappa shape index (κ2) is 6.11. The van der Waals surface area contributed by atoms with Gasteiger partial charge in [0, 0.05) is 13.1 Å². The molecule has 0 aliphatic carbocycles. The molecule has 1 fully saturated rings. The molecule has 0 saturated carbocycles. The lowest BCUT2D eigenvalue weighted by atomic mass is 10.0. The minimum atomic E-state index is -3.53. The summed E-state index contributed by atoms with van der Waals surface area (Å²) in [6.07, 6.45) is 1.77. The highest BCUT2D eigenvalue weighted by Gasteiger charge is 2.30. The number of ether oxygens (including phenoxy) is 1. The maximum absolute atomic E-state index is 12.7. The van der Waals surface area contributed by atoms with E-state index in [-0.39, 0.29) is 17.3 Å². The fourth-order valence-electron chi connectivity index (χ4n) is 2.39. The standard InChI is InChI=1S/C14H21NO4S/c1-11-5-7-15(8-6-11)20(17,18)14-4-3-12(10-16)9-13(14)19-2/h3-4,9,11,16H,5-8,10H2,1-2H3. The fourth-order valence-corrected chi connectivity index (χ4v) is 3.99. The van der Waals surface area contributed by atoms with Crippen LogP contribution in [0, 0.1) is 5.92 Å². The van der Waals surface area contributed by atoms with Gasteiger partial charge in [0.25, 0.3) is 0 Å². The van der Waals surface area contributed by atoms with Crippen molar-refractivity contribution in [3.05, 3.63) is 23.8 Å². The third-order valence-corrected chi connectivity index (χ3v) is 5.71. The summed E-state index contributed by atoms with van der Waals surface area (Å²) < 4.78 is 32.0. The molecule has 0 unspecified atom stereocenters. The van der Waals surface area contributed by atoms with E-state index >= 15 is 0 Å². The number of nitrogens with zero attached hydrogens (tertiary/aromatic N) is 1. The van der Waals surface area contributed by atoms with Gasteiger partial charge in [-0.3, -0.25) is 0 Å². The van der Waals surface area contributed by atoms with Crippen LogP contribution in [0.15, 0.2) is 23.1 Å². The Bertz CT molecular complexity index is 563. The molecule has 1 heterocycles. The molecule has 0 bridgehead atoms. The molecule has 6 heteroatoms. The molecular formula is C14H21NO4S. The van der Waals surface area contributed by atoms with E-state index in [0.717, 1.165) is 12.8 Å². The van der Waals surface area contributed by atoms with Crippen LogP contribution in [0.2, 0.25) is 0 Å². The normalized spacial score (nSPS) is 18.1. The maximum Gasteiger partial charge on any atom is 0.246 e. The molecule has 0 aromatic heterocycles. The summed E-state index contributed by atoms with van der Waals surface area (Å²) in [6, 6.07) is 4.69. The van der Waals surface area contributed by atoms with Crippen molar-refractivity contribution >= 4 is 10.0 Å². The number of piperidine rings is 1. The number of aliphatic hydroxyl groups is 1. The summed E-state index contributed by atoms with van der Waals surface area (Å²) in [5.41, 5.74) is 0.632. The molecule has 1 saturated heterocycles. The van der Waals surface area contributed by atoms with Gasteiger partial charge in [-0.15, -0.1) is 0 Å². The zero-order valence-corrected chi connectivity index (χ0v) is 12.7. The molecule has 0 spiro atoms. The Balaban J connectivity index is 2.34. The van der Waals surface area contributed by atoms with Gasteiger partial charge in [-0.2, -0.15) is 4.31 Å². The van der Waals surface area contributed by atoms with Crippen molar-refractivity contribution in [2.24, 2.45) is 5.92 Å². The van der Waals surface area contributed by atoms with E-state index in [2.05, 4.69) is 6.92 Å². The molecule has 112 valence electrons. The molecule has 1 aliphatic rings. The summed E-state index contributed by atoms with van der Waals surface area (Å²) in [5, 5.41) is 9.11. The van der Waals surface area contributed by atoms with Gasteiger partial charge in [0.1, 0.15) is 10.6 Å². The first-order valence-electron chi connectivity index (χ1n) is 6.77. The van der Waals surface area contributed by atoms with Gasteiger partial charge in [-0.25, -0.2) is 8.42 Å². The molecule has 1 aliphatic heterocycles. The summed E-state index contributed by atoms with van der Waals surface area (Å²) in [6.45, 7) is 3.10. The minimum absolute atomic E-state index is 0.141. The van der Waals surface area contributed by atoms with Gasteiger partial charge in [-0.05, 0) is 36.5 Å². The van der Waals surface area contributed by atoms with Gasteiger partial charge in [0.15, 0.2) is 0 Å². The summed E-state index contributed by atoms with van der Waals surface area (Å²) >= 11 is 0. The first-order chi connectivity index (χ1) is 9.48. The van der Waals surface area contributed by atoms with Crippen molar-refractivity contribution in [3.8, 4) is 5.75 Å². The number of rotatable bonds is 4. The van der Waals surface area contributed by atoms with E-state index in [9.17, 15) is 8.42 Å². The third-order valence-electron chi connectivity index (χ3n) is 3.77. The zero-order valence-electron chi connectivity index (χ0n) is 11.9. The van der Waals surface area contributed by atoms with E-state index in [1.807, 2.05) is 0 Å². The Kier molecular flexibility index (Phi) is 4.67. The van der Waals surface area contributed by atoms with Crippen molar-refractivity contribution in [2.75, 3.05) is 20.2 Å². The second-order valence-electron chi connectivity index (χ2n) is 5.23. The van der Waals surface area contributed by atoms with Gasteiger partial charge in [0.2, 0.25) is 10.0 Å². The number of hydrogen-bond acceptors (Lipinski definition) is 4. The topological polar surface area (TPSA) is 66.8 Å². The smallest absolute Gasteiger partial charge is 0.246 e. The minimum Gasteiger partial charge on any atom is -0.495 e. The lowest BCUT2D eigenvalue weighted by molar-refractivity contribution is 0.280. The van der Waals surface area contributed by atoms with Crippen LogP contribution < -0.4 is 4.74 Å². The number of sulfonamides is 1. The highest BCUT2D eigenvalue weighted by atomic mass is 32.2.